The van der Waals surface area contributed by atoms with E-state index in [1.54, 1.807) is 51.6 Å². The van der Waals surface area contributed by atoms with E-state index in [-0.39, 0.29) is 23.3 Å². The van der Waals surface area contributed by atoms with Crippen LogP contribution in [0, 0.1) is 19.7 Å². The van der Waals surface area contributed by atoms with E-state index in [1.165, 1.54) is 28.0 Å². The minimum absolute atomic E-state index is 0.0630. The Kier molecular flexibility index (Phi) is 7.78. The summed E-state index contributed by atoms with van der Waals surface area (Å²) in [4.78, 5) is 28.1. The van der Waals surface area contributed by atoms with Crippen LogP contribution in [-0.4, -0.2) is 31.8 Å². The molecule has 0 spiro atoms. The summed E-state index contributed by atoms with van der Waals surface area (Å²) in [5, 5.41) is 14.1. The first-order chi connectivity index (χ1) is 18.2. The highest BCUT2D eigenvalue weighted by Gasteiger charge is 2.26. The molecule has 3 aromatic heterocycles. The van der Waals surface area contributed by atoms with Gasteiger partial charge < -0.3 is 24.3 Å². The van der Waals surface area contributed by atoms with Gasteiger partial charge in [0, 0.05) is 48.1 Å². The number of thiophene rings is 1. The van der Waals surface area contributed by atoms with Crippen LogP contribution in [0.3, 0.4) is 0 Å². The first kappa shape index (κ1) is 28.6. The predicted octanol–water partition coefficient (Wildman–Crippen LogP) is 6.09. The number of fused-ring (bicyclic) bond motifs is 1. The maximum Gasteiger partial charge on any atom is 0.274 e. The summed E-state index contributed by atoms with van der Waals surface area (Å²) in [6.45, 7) is 13.2. The first-order valence-electron chi connectivity index (χ1n) is 13.0. The SMILES string of the molecule is CCn1c(C(=O)NC(C)C)cc2c(-c3sc(CC(C)(C)O)cc3Oc3c(C)cc(F)cc3C)cn(C)c(=O)c21. The van der Waals surface area contributed by atoms with E-state index in [4.69, 9.17) is 4.74 Å². The van der Waals surface area contributed by atoms with Crippen LogP contribution in [0.25, 0.3) is 21.3 Å². The second-order valence-corrected chi connectivity index (χ2v) is 12.1. The van der Waals surface area contributed by atoms with Gasteiger partial charge in [-0.05, 0) is 83.9 Å². The molecule has 9 heteroatoms. The van der Waals surface area contributed by atoms with Crippen molar-refractivity contribution in [2.75, 3.05) is 0 Å². The van der Waals surface area contributed by atoms with Crippen molar-refractivity contribution in [2.24, 2.45) is 7.05 Å². The zero-order chi connectivity index (χ0) is 28.8. The van der Waals surface area contributed by atoms with Gasteiger partial charge in [-0.1, -0.05) is 0 Å². The summed E-state index contributed by atoms with van der Waals surface area (Å²) < 4.78 is 23.7. The Labute approximate surface area is 231 Å². The van der Waals surface area contributed by atoms with Crippen molar-refractivity contribution in [1.29, 1.82) is 0 Å². The van der Waals surface area contributed by atoms with Crippen molar-refractivity contribution in [3.63, 3.8) is 0 Å². The normalized spacial score (nSPS) is 12.0. The van der Waals surface area contributed by atoms with Crippen LogP contribution in [0.1, 0.15) is 61.1 Å². The molecule has 4 aromatic rings. The van der Waals surface area contributed by atoms with Gasteiger partial charge in [0.25, 0.3) is 11.5 Å². The van der Waals surface area contributed by atoms with Crippen LogP contribution in [-0.2, 0) is 20.0 Å². The summed E-state index contributed by atoms with van der Waals surface area (Å²) in [5.74, 6) is 0.501. The van der Waals surface area contributed by atoms with Crippen molar-refractivity contribution in [2.45, 2.75) is 73.1 Å². The molecule has 0 radical (unpaired) electrons. The third-order valence-electron chi connectivity index (χ3n) is 6.44. The van der Waals surface area contributed by atoms with Crippen molar-refractivity contribution < 1.29 is 19.0 Å². The minimum Gasteiger partial charge on any atom is -0.455 e. The molecule has 208 valence electrons. The number of aliphatic hydroxyl groups is 1. The lowest BCUT2D eigenvalue weighted by molar-refractivity contribution is 0.0818. The number of aryl methyl sites for hydroxylation is 4. The number of pyridine rings is 1. The average Bonchev–Trinajstić information content (AvgIpc) is 3.38. The number of carbonyl (C=O) groups is 1. The van der Waals surface area contributed by atoms with Crippen LogP contribution in [0.2, 0.25) is 0 Å². The Morgan fingerprint density at radius 1 is 1.18 bits per heavy atom. The highest BCUT2D eigenvalue weighted by atomic mass is 32.1. The highest BCUT2D eigenvalue weighted by molar-refractivity contribution is 7.16. The highest BCUT2D eigenvalue weighted by Crippen LogP contribution is 2.45. The van der Waals surface area contributed by atoms with Crippen molar-refractivity contribution in [3.05, 3.63) is 68.3 Å². The zero-order valence-electron chi connectivity index (χ0n) is 23.7. The maximum absolute atomic E-state index is 14.0. The molecule has 0 aliphatic rings. The van der Waals surface area contributed by atoms with Crippen LogP contribution in [0.5, 0.6) is 11.5 Å². The molecule has 0 unspecified atom stereocenters. The smallest absolute Gasteiger partial charge is 0.274 e. The molecule has 3 heterocycles. The fourth-order valence-electron chi connectivity index (χ4n) is 4.88. The fourth-order valence-corrected chi connectivity index (χ4v) is 6.20. The molecule has 2 N–H and O–H groups in total. The second-order valence-electron chi connectivity index (χ2n) is 11.0. The molecule has 0 saturated heterocycles. The van der Waals surface area contributed by atoms with E-state index in [1.807, 2.05) is 26.8 Å². The van der Waals surface area contributed by atoms with Crippen molar-refractivity contribution in [3.8, 4) is 21.9 Å². The molecule has 7 nitrogen and oxygen atoms in total. The molecule has 0 saturated carbocycles. The van der Waals surface area contributed by atoms with Gasteiger partial charge >= 0.3 is 0 Å². The van der Waals surface area contributed by atoms with Crippen LogP contribution in [0.15, 0.2) is 35.3 Å². The van der Waals surface area contributed by atoms with Gasteiger partial charge in [0.2, 0.25) is 0 Å². The lowest BCUT2D eigenvalue weighted by Crippen LogP contribution is -2.32. The number of aromatic nitrogens is 2. The number of halogens is 1. The van der Waals surface area contributed by atoms with E-state index < -0.39 is 5.60 Å². The molecule has 0 fully saturated rings. The van der Waals surface area contributed by atoms with Gasteiger partial charge in [0.15, 0.2) is 0 Å². The average molecular weight is 554 g/mol. The molecule has 1 amide bonds. The molecular weight excluding hydrogens is 517 g/mol. The van der Waals surface area contributed by atoms with Gasteiger partial charge in [0.05, 0.1) is 10.5 Å². The number of rotatable bonds is 8. The third kappa shape index (κ3) is 5.79. The molecule has 1 aromatic carbocycles. The monoisotopic (exact) mass is 553 g/mol. The van der Waals surface area contributed by atoms with Crippen LogP contribution >= 0.6 is 11.3 Å². The van der Waals surface area contributed by atoms with Gasteiger partial charge in [0.1, 0.15) is 28.5 Å². The largest absolute Gasteiger partial charge is 0.455 e. The summed E-state index contributed by atoms with van der Waals surface area (Å²) in [6, 6.07) is 6.45. The quantitative estimate of drug-likeness (QED) is 0.277. The van der Waals surface area contributed by atoms with Gasteiger partial charge in [-0.3, -0.25) is 9.59 Å². The fraction of sp³-hybridized carbons (Fsp3) is 0.400. The topological polar surface area (TPSA) is 85.5 Å². The second kappa shape index (κ2) is 10.6. The third-order valence-corrected chi connectivity index (χ3v) is 7.59. The molecule has 39 heavy (non-hydrogen) atoms. The van der Waals surface area contributed by atoms with Crippen molar-refractivity contribution >= 4 is 28.1 Å². The van der Waals surface area contributed by atoms with Crippen LogP contribution in [0.4, 0.5) is 4.39 Å². The molecule has 0 aliphatic carbocycles. The Hall–Kier alpha value is -3.43. The number of hydrogen-bond acceptors (Lipinski definition) is 5. The number of nitrogens with one attached hydrogen (secondary N) is 1. The molecule has 0 atom stereocenters. The number of nitrogens with zero attached hydrogens (tertiary/aromatic N) is 2. The van der Waals surface area contributed by atoms with Crippen LogP contribution < -0.4 is 15.6 Å². The summed E-state index contributed by atoms with van der Waals surface area (Å²) in [7, 11) is 1.69. The standard InChI is InChI=1S/C30H36FN3O4S/c1-9-34-23(28(35)32-16(2)3)13-21-22(15-33(8)29(36)25(21)34)27-24(12-20(39-27)14-30(6,7)37)38-26-17(4)10-19(31)11-18(26)5/h10-13,15-16,37H,9,14H2,1-8H3,(H,32,35). The van der Waals surface area contributed by atoms with E-state index in [0.717, 1.165) is 15.3 Å². The number of carbonyl (C=O) groups excluding carboxylic acids is 1. The summed E-state index contributed by atoms with van der Waals surface area (Å²) in [6.07, 6.45) is 2.15. The lowest BCUT2D eigenvalue weighted by Gasteiger charge is -2.15. The number of amides is 1. The lowest BCUT2D eigenvalue weighted by atomic mass is 10.0. The number of benzene rings is 1. The minimum atomic E-state index is -0.951. The Morgan fingerprint density at radius 3 is 2.38 bits per heavy atom. The molecule has 0 aliphatic heterocycles. The Bertz CT molecular complexity index is 1600. The Balaban J connectivity index is 2.00. The van der Waals surface area contributed by atoms with E-state index >= 15 is 0 Å². The molecular formula is C30H36FN3O4S. The number of hydrogen-bond donors (Lipinski definition) is 2. The van der Waals surface area contributed by atoms with Gasteiger partial charge in [-0.25, -0.2) is 4.39 Å². The maximum atomic E-state index is 14.0. The van der Waals surface area contributed by atoms with Gasteiger partial charge in [-0.2, -0.15) is 0 Å². The van der Waals surface area contributed by atoms with E-state index in [2.05, 4.69) is 5.32 Å². The summed E-state index contributed by atoms with van der Waals surface area (Å²) in [5.41, 5.74) is 1.73. The van der Waals surface area contributed by atoms with E-state index in [0.29, 0.717) is 52.2 Å². The number of ether oxygens (including phenoxy) is 1. The Morgan fingerprint density at radius 2 is 1.82 bits per heavy atom. The zero-order valence-corrected chi connectivity index (χ0v) is 24.5. The first-order valence-corrected chi connectivity index (χ1v) is 13.9. The van der Waals surface area contributed by atoms with E-state index in [9.17, 15) is 19.1 Å². The molecule has 0 bridgehead atoms. The predicted molar refractivity (Wildman–Crippen MR) is 155 cm³/mol. The van der Waals surface area contributed by atoms with Crippen molar-refractivity contribution in [1.82, 2.24) is 14.5 Å². The molecule has 4 rings (SSSR count). The van der Waals surface area contributed by atoms with Gasteiger partial charge in [-0.15, -0.1) is 11.3 Å². The summed E-state index contributed by atoms with van der Waals surface area (Å²) >= 11 is 1.46.